The van der Waals surface area contributed by atoms with Gasteiger partial charge in [-0.3, -0.25) is 4.98 Å². The molecule has 11 heteroatoms. The summed E-state index contributed by atoms with van der Waals surface area (Å²) in [5.74, 6) is -0.509. The molecular weight excluding hydrogens is 559 g/mol. The van der Waals surface area contributed by atoms with Crippen LogP contribution in [0.2, 0.25) is 5.02 Å². The number of H-pyrrole nitrogens is 1. The number of halogens is 3. The average molecular weight is 584 g/mol. The van der Waals surface area contributed by atoms with E-state index in [9.17, 15) is 9.65 Å². The summed E-state index contributed by atoms with van der Waals surface area (Å²) in [6.45, 7) is 3.20. The molecule has 1 unspecified atom stereocenters. The zero-order chi connectivity index (χ0) is 25.8. The molecule has 4 aromatic rings. The summed E-state index contributed by atoms with van der Waals surface area (Å²) in [5, 5.41) is 28.4. The molecule has 0 amide bonds. The first-order chi connectivity index (χ1) is 18.0. The van der Waals surface area contributed by atoms with Crippen molar-refractivity contribution in [3.63, 3.8) is 0 Å². The van der Waals surface area contributed by atoms with Gasteiger partial charge >= 0.3 is 0 Å². The highest BCUT2D eigenvalue weighted by Crippen LogP contribution is 2.36. The van der Waals surface area contributed by atoms with Crippen LogP contribution in [0.3, 0.4) is 0 Å². The number of anilines is 3. The second kappa shape index (κ2) is 11.4. The van der Waals surface area contributed by atoms with Crippen molar-refractivity contribution in [2.75, 3.05) is 30.3 Å². The van der Waals surface area contributed by atoms with Crippen LogP contribution >= 0.6 is 27.5 Å². The summed E-state index contributed by atoms with van der Waals surface area (Å²) >= 11 is 9.64. The van der Waals surface area contributed by atoms with Gasteiger partial charge in [0.1, 0.15) is 17.6 Å². The number of likely N-dealkylation sites (tertiary alicyclic amines) is 1. The van der Waals surface area contributed by atoms with Crippen molar-refractivity contribution in [2.45, 2.75) is 31.7 Å². The molecule has 0 saturated carbocycles. The van der Waals surface area contributed by atoms with Crippen LogP contribution < -0.4 is 10.6 Å². The Hall–Kier alpha value is -3.26. The Kier molecular flexibility index (Phi) is 7.84. The van der Waals surface area contributed by atoms with Gasteiger partial charge in [0.2, 0.25) is 0 Å². The highest BCUT2D eigenvalue weighted by atomic mass is 79.9. The summed E-state index contributed by atoms with van der Waals surface area (Å²) in [7, 11) is 0. The smallest absolute Gasteiger partial charge is 0.141 e. The molecule has 2 aromatic carbocycles. The van der Waals surface area contributed by atoms with Crippen molar-refractivity contribution in [1.82, 2.24) is 25.3 Å². The van der Waals surface area contributed by atoms with Gasteiger partial charge in [-0.05, 0) is 78.6 Å². The number of nitrogens with one attached hydrogen (secondary N) is 3. The van der Waals surface area contributed by atoms with Crippen LogP contribution in [-0.2, 0) is 0 Å². The molecule has 3 heterocycles. The fourth-order valence-corrected chi connectivity index (χ4v) is 5.39. The van der Waals surface area contributed by atoms with Crippen molar-refractivity contribution in [3.05, 3.63) is 69.3 Å². The lowest BCUT2D eigenvalue weighted by Gasteiger charge is -2.28. The number of nitriles is 1. The molecule has 1 atom stereocenters. The highest BCUT2D eigenvalue weighted by molar-refractivity contribution is 9.10. The van der Waals surface area contributed by atoms with E-state index in [1.54, 1.807) is 12.3 Å². The lowest BCUT2D eigenvalue weighted by molar-refractivity contribution is 0.222. The van der Waals surface area contributed by atoms with Crippen LogP contribution in [0.15, 0.2) is 47.2 Å². The second-order valence-corrected chi connectivity index (χ2v) is 10.3. The number of fused-ring (bicyclic) bond motifs is 1. The number of hydrogen-bond acceptors (Lipinski definition) is 7. The lowest BCUT2D eigenvalue weighted by Crippen LogP contribution is -2.32. The summed E-state index contributed by atoms with van der Waals surface area (Å²) < 4.78 is 14.5. The van der Waals surface area contributed by atoms with E-state index >= 15 is 0 Å². The number of aromatic nitrogens is 4. The van der Waals surface area contributed by atoms with Gasteiger partial charge in [0.25, 0.3) is 0 Å². The highest BCUT2D eigenvalue weighted by Gasteiger charge is 2.20. The van der Waals surface area contributed by atoms with Crippen LogP contribution in [0.1, 0.15) is 43.0 Å². The molecule has 8 nitrogen and oxygen atoms in total. The SMILES string of the molecule is N#Cc1cnc2c(Br)cc(NC(CCN3CCCCC3)c3cn[nH]n3)cc2c1Nc1ccc(F)c(Cl)c1. The molecule has 2 aromatic heterocycles. The second-order valence-electron chi connectivity index (χ2n) is 9.05. The summed E-state index contributed by atoms with van der Waals surface area (Å²) in [6.07, 6.45) is 7.89. The maximum Gasteiger partial charge on any atom is 0.141 e. The third-order valence-corrected chi connectivity index (χ3v) is 7.44. The maximum atomic E-state index is 13.7. The fraction of sp³-hybridized carbons (Fsp3) is 0.308. The van der Waals surface area contributed by atoms with E-state index in [0.29, 0.717) is 22.5 Å². The molecule has 0 aliphatic carbocycles. The van der Waals surface area contributed by atoms with E-state index < -0.39 is 5.82 Å². The van der Waals surface area contributed by atoms with E-state index in [1.165, 1.54) is 37.6 Å². The number of pyridine rings is 1. The number of aromatic amines is 1. The normalized spacial score (nSPS) is 14.9. The third-order valence-electron chi connectivity index (χ3n) is 6.55. The first kappa shape index (κ1) is 25.4. The topological polar surface area (TPSA) is 106 Å². The Morgan fingerprint density at radius 2 is 2.00 bits per heavy atom. The fourth-order valence-electron chi connectivity index (χ4n) is 4.65. The van der Waals surface area contributed by atoms with Crippen molar-refractivity contribution < 1.29 is 4.39 Å². The van der Waals surface area contributed by atoms with Gasteiger partial charge in [0.05, 0.1) is 34.0 Å². The first-order valence-electron chi connectivity index (χ1n) is 12.1. The van der Waals surface area contributed by atoms with E-state index in [1.807, 2.05) is 12.1 Å². The molecule has 5 rings (SSSR count). The monoisotopic (exact) mass is 582 g/mol. The molecule has 1 aliphatic rings. The van der Waals surface area contributed by atoms with Crippen LogP contribution in [-0.4, -0.2) is 44.9 Å². The van der Waals surface area contributed by atoms with Crippen molar-refractivity contribution in [3.8, 4) is 6.07 Å². The zero-order valence-corrected chi connectivity index (χ0v) is 22.3. The van der Waals surface area contributed by atoms with Gasteiger partial charge in [-0.25, -0.2) is 4.39 Å². The maximum absolute atomic E-state index is 13.7. The molecule has 190 valence electrons. The van der Waals surface area contributed by atoms with Gasteiger partial charge in [-0.2, -0.15) is 20.7 Å². The Morgan fingerprint density at radius 1 is 1.16 bits per heavy atom. The van der Waals surface area contributed by atoms with Gasteiger partial charge in [-0.1, -0.05) is 18.0 Å². The number of piperidine rings is 1. The predicted molar refractivity (Wildman–Crippen MR) is 147 cm³/mol. The quantitative estimate of drug-likeness (QED) is 0.216. The molecule has 0 spiro atoms. The molecule has 0 radical (unpaired) electrons. The van der Waals surface area contributed by atoms with Crippen LogP contribution in [0, 0.1) is 17.1 Å². The number of nitrogens with zero attached hydrogens (tertiary/aromatic N) is 5. The minimum atomic E-state index is -0.509. The van der Waals surface area contributed by atoms with Crippen molar-refractivity contribution in [2.24, 2.45) is 0 Å². The van der Waals surface area contributed by atoms with E-state index in [2.05, 4.69) is 57.9 Å². The molecular formula is C26H25BrClFN8. The largest absolute Gasteiger partial charge is 0.376 e. The molecule has 37 heavy (non-hydrogen) atoms. The Labute approximate surface area is 227 Å². The molecule has 1 aliphatic heterocycles. The number of rotatable bonds is 8. The Bertz CT molecular complexity index is 1430. The minimum absolute atomic E-state index is 0.00503. The van der Waals surface area contributed by atoms with Crippen LogP contribution in [0.25, 0.3) is 10.9 Å². The summed E-state index contributed by atoms with van der Waals surface area (Å²) in [5.41, 5.74) is 3.83. The Balaban J connectivity index is 1.48. The summed E-state index contributed by atoms with van der Waals surface area (Å²) in [6, 6.07) is 10.4. The molecule has 0 bridgehead atoms. The first-order valence-corrected chi connectivity index (χ1v) is 13.3. The number of benzene rings is 2. The number of hydrogen-bond donors (Lipinski definition) is 3. The molecule has 1 saturated heterocycles. The zero-order valence-electron chi connectivity index (χ0n) is 19.9. The van der Waals surface area contributed by atoms with Gasteiger partial charge < -0.3 is 15.5 Å². The van der Waals surface area contributed by atoms with E-state index in [0.717, 1.165) is 47.3 Å². The molecule has 1 fully saturated rings. The van der Waals surface area contributed by atoms with Gasteiger partial charge in [0.15, 0.2) is 0 Å². The minimum Gasteiger partial charge on any atom is -0.376 e. The van der Waals surface area contributed by atoms with Gasteiger partial charge in [-0.15, -0.1) is 0 Å². The predicted octanol–water partition coefficient (Wildman–Crippen LogP) is 6.55. The third kappa shape index (κ3) is 5.85. The lowest BCUT2D eigenvalue weighted by atomic mass is 10.1. The van der Waals surface area contributed by atoms with Crippen molar-refractivity contribution >= 4 is 55.5 Å². The van der Waals surface area contributed by atoms with Crippen LogP contribution in [0.4, 0.5) is 21.5 Å². The van der Waals surface area contributed by atoms with E-state index in [-0.39, 0.29) is 11.1 Å². The Morgan fingerprint density at radius 3 is 2.73 bits per heavy atom. The van der Waals surface area contributed by atoms with Gasteiger partial charge in [0, 0.05) is 34.0 Å². The van der Waals surface area contributed by atoms with Crippen LogP contribution in [0.5, 0.6) is 0 Å². The van der Waals surface area contributed by atoms with Crippen molar-refractivity contribution in [1.29, 1.82) is 5.26 Å². The molecule has 3 N–H and O–H groups in total. The van der Waals surface area contributed by atoms with E-state index in [4.69, 9.17) is 11.6 Å². The summed E-state index contributed by atoms with van der Waals surface area (Å²) in [4.78, 5) is 6.99. The standard InChI is InChI=1S/C26H25BrClFN8/c27-20-11-18(33-23(24-15-32-36-35-24)6-9-37-7-2-1-3-8-37)10-19-25(16(13-30)14-31-26(19)20)34-17-4-5-22(29)21(28)12-17/h4-5,10-12,14-15,23,33H,1-3,6-9H2,(H,31,34)(H,32,35,36). The average Bonchev–Trinajstić information content (AvgIpc) is 3.45.